The summed E-state index contributed by atoms with van der Waals surface area (Å²) in [6.07, 6.45) is -4.78. The van der Waals surface area contributed by atoms with E-state index in [0.717, 1.165) is 12.0 Å². The maximum Gasteiger partial charge on any atom is 0.351 e. The van der Waals surface area contributed by atoms with Crippen molar-refractivity contribution in [3.63, 3.8) is 0 Å². The Morgan fingerprint density at radius 3 is 2.22 bits per heavy atom. The molecule has 27 heavy (non-hydrogen) atoms. The van der Waals surface area contributed by atoms with E-state index in [1.54, 1.807) is 12.1 Å². The highest BCUT2D eigenvalue weighted by molar-refractivity contribution is 7.54. The number of benzene rings is 1. The molecule has 1 heterocycles. The molecule has 0 radical (unpaired) electrons. The van der Waals surface area contributed by atoms with Crippen LogP contribution in [0.5, 0.6) is 0 Å². The molecule has 1 fully saturated rings. The summed E-state index contributed by atoms with van der Waals surface area (Å²) in [6, 6.07) is 6.02. The Labute approximate surface area is 158 Å². The quantitative estimate of drug-likeness (QED) is 0.382. The van der Waals surface area contributed by atoms with Crippen LogP contribution in [0.1, 0.15) is 23.8 Å². The number of rotatable bonds is 8. The average Bonchev–Trinajstić information content (AvgIpc) is 2.70. The zero-order chi connectivity index (χ0) is 20.2. The second kappa shape index (κ2) is 9.56. The van der Waals surface area contributed by atoms with Gasteiger partial charge in [0, 0.05) is 14.2 Å². The summed E-state index contributed by atoms with van der Waals surface area (Å²) in [5.74, 6) is -1.03. The van der Waals surface area contributed by atoms with Gasteiger partial charge >= 0.3 is 7.60 Å². The number of aliphatic hydroxyl groups is 4. The minimum atomic E-state index is -3.72. The van der Waals surface area contributed by atoms with Gasteiger partial charge < -0.3 is 34.2 Å². The smallest absolute Gasteiger partial charge is 0.351 e. The van der Waals surface area contributed by atoms with Crippen LogP contribution in [0.3, 0.4) is 0 Å². The molecule has 10 heteroatoms. The second-order valence-corrected chi connectivity index (χ2v) is 8.65. The van der Waals surface area contributed by atoms with Crippen molar-refractivity contribution < 1.29 is 38.8 Å². The Morgan fingerprint density at radius 2 is 1.74 bits per heavy atom. The topological polar surface area (TPSA) is 138 Å². The number of hydrogen-bond donors (Lipinski definition) is 5. The lowest BCUT2D eigenvalue weighted by Gasteiger charge is -2.42. The maximum atomic E-state index is 13.1. The second-order valence-electron chi connectivity index (χ2n) is 6.32. The molecule has 1 saturated heterocycles. The minimum Gasteiger partial charge on any atom is -0.394 e. The van der Waals surface area contributed by atoms with Crippen molar-refractivity contribution in [2.75, 3.05) is 20.8 Å². The molecule has 2 unspecified atom stereocenters. The van der Waals surface area contributed by atoms with Gasteiger partial charge in [-0.2, -0.15) is 0 Å². The number of ether oxygens (including phenoxy) is 1. The first-order valence-corrected chi connectivity index (χ1v) is 10.3. The van der Waals surface area contributed by atoms with E-state index in [4.69, 9.17) is 13.8 Å². The van der Waals surface area contributed by atoms with Crippen molar-refractivity contribution in [2.45, 2.75) is 49.8 Å². The molecule has 0 aliphatic carbocycles. The van der Waals surface area contributed by atoms with E-state index in [0.29, 0.717) is 5.56 Å². The first kappa shape index (κ1) is 22.4. The fourth-order valence-corrected chi connectivity index (χ4v) is 4.51. The van der Waals surface area contributed by atoms with Crippen molar-refractivity contribution in [3.05, 3.63) is 35.4 Å². The third-order valence-electron chi connectivity index (χ3n) is 4.78. The van der Waals surface area contributed by atoms with Gasteiger partial charge in [-0.25, -0.2) is 0 Å². The van der Waals surface area contributed by atoms with Crippen LogP contribution in [0.15, 0.2) is 24.3 Å². The van der Waals surface area contributed by atoms with E-state index in [2.05, 4.69) is 5.32 Å². The summed E-state index contributed by atoms with van der Waals surface area (Å²) in [6.45, 7) is 1.43. The van der Waals surface area contributed by atoms with Gasteiger partial charge in [0.05, 0.1) is 12.6 Å². The molecule has 1 aromatic carbocycles. The molecule has 9 nitrogen and oxygen atoms in total. The molecule has 6 atom stereocenters. The van der Waals surface area contributed by atoms with Crippen LogP contribution in [-0.2, 0) is 24.8 Å². The van der Waals surface area contributed by atoms with E-state index in [9.17, 15) is 25.0 Å². The number of aryl methyl sites for hydroxylation is 1. The summed E-state index contributed by atoms with van der Waals surface area (Å²) in [7, 11) is -1.25. The maximum absolute atomic E-state index is 13.1. The van der Waals surface area contributed by atoms with Crippen molar-refractivity contribution in [1.29, 1.82) is 0 Å². The Bertz CT molecular complexity index is 634. The van der Waals surface area contributed by atoms with Crippen LogP contribution < -0.4 is 5.32 Å². The van der Waals surface area contributed by atoms with Crippen LogP contribution in [0.2, 0.25) is 0 Å². The predicted octanol–water partition coefficient (Wildman–Crippen LogP) is 0.123. The van der Waals surface area contributed by atoms with Gasteiger partial charge in [0.15, 0.2) is 6.29 Å². The third-order valence-corrected chi connectivity index (χ3v) is 6.88. The molecule has 0 bridgehead atoms. The highest BCUT2D eigenvalue weighted by Crippen LogP contribution is 2.58. The summed E-state index contributed by atoms with van der Waals surface area (Å²) < 4.78 is 28.4. The average molecular weight is 405 g/mol. The minimum absolute atomic E-state index is 0.553. The normalized spacial score (nSPS) is 30.3. The van der Waals surface area contributed by atoms with Crippen LogP contribution >= 0.6 is 7.60 Å². The zero-order valence-electron chi connectivity index (χ0n) is 15.6. The van der Waals surface area contributed by atoms with E-state index in [1.165, 1.54) is 14.2 Å². The van der Waals surface area contributed by atoms with E-state index in [1.807, 2.05) is 19.1 Å². The van der Waals surface area contributed by atoms with Gasteiger partial charge in [-0.05, 0) is 17.5 Å². The fourth-order valence-electron chi connectivity index (χ4n) is 3.05. The van der Waals surface area contributed by atoms with Crippen molar-refractivity contribution in [1.82, 2.24) is 5.32 Å². The monoisotopic (exact) mass is 405 g/mol. The molecule has 0 amide bonds. The first-order valence-electron chi connectivity index (χ1n) is 8.67. The third kappa shape index (κ3) is 4.76. The van der Waals surface area contributed by atoms with Crippen LogP contribution in [0.4, 0.5) is 0 Å². The first-order chi connectivity index (χ1) is 12.8. The van der Waals surface area contributed by atoms with Crippen LogP contribution in [0, 0.1) is 0 Å². The lowest BCUT2D eigenvalue weighted by atomic mass is 9.97. The lowest BCUT2D eigenvalue weighted by molar-refractivity contribution is -0.255. The van der Waals surface area contributed by atoms with Crippen LogP contribution in [0.25, 0.3) is 0 Å². The van der Waals surface area contributed by atoms with Crippen molar-refractivity contribution in [2.24, 2.45) is 0 Å². The number of aliphatic hydroxyl groups excluding tert-OH is 4. The van der Waals surface area contributed by atoms with E-state index < -0.39 is 50.6 Å². The SMILES string of the molecule is CCc1ccc(C(N[C@H]2C(O)O[C@H](CO)[C@@H](O)[C@@H]2O)P(=O)(OC)OC)cc1. The Kier molecular flexibility index (Phi) is 7.94. The molecular weight excluding hydrogens is 377 g/mol. The van der Waals surface area contributed by atoms with Gasteiger partial charge in [-0.3, -0.25) is 9.88 Å². The summed E-state index contributed by atoms with van der Waals surface area (Å²) in [5, 5.41) is 42.7. The molecule has 1 aromatic rings. The lowest BCUT2D eigenvalue weighted by Crippen LogP contribution is -2.63. The summed E-state index contributed by atoms with van der Waals surface area (Å²) in [4.78, 5) is 0. The molecule has 0 saturated carbocycles. The fraction of sp³-hybridized carbons (Fsp3) is 0.647. The molecule has 154 valence electrons. The molecular formula is C17H28NO8P. The van der Waals surface area contributed by atoms with Crippen molar-refractivity contribution >= 4 is 7.60 Å². The number of hydrogen-bond acceptors (Lipinski definition) is 9. The Balaban J connectivity index is 2.35. The van der Waals surface area contributed by atoms with Crippen LogP contribution in [-0.4, -0.2) is 71.9 Å². The van der Waals surface area contributed by atoms with Gasteiger partial charge in [-0.15, -0.1) is 0 Å². The van der Waals surface area contributed by atoms with E-state index in [-0.39, 0.29) is 0 Å². The number of nitrogens with one attached hydrogen (secondary N) is 1. The predicted molar refractivity (Wildman–Crippen MR) is 97.1 cm³/mol. The standard InChI is InChI=1S/C17H28NO8P/c1-4-10-5-7-11(8-6-10)16(27(23,24-2)25-3)18-13-15(21)14(20)12(9-19)26-17(13)22/h5-8,12-22H,4,9H2,1-3H3/t12-,13-,14-,15-,16?,17?/m1/s1. The van der Waals surface area contributed by atoms with Gasteiger partial charge in [0.25, 0.3) is 0 Å². The Hall–Kier alpha value is -0.870. The molecule has 1 aliphatic rings. The Morgan fingerprint density at radius 1 is 1.15 bits per heavy atom. The molecule has 2 rings (SSSR count). The highest BCUT2D eigenvalue weighted by atomic mass is 31.2. The van der Waals surface area contributed by atoms with Gasteiger partial charge in [0.2, 0.25) is 0 Å². The van der Waals surface area contributed by atoms with Crippen molar-refractivity contribution in [3.8, 4) is 0 Å². The molecule has 5 N–H and O–H groups in total. The highest BCUT2D eigenvalue weighted by Gasteiger charge is 2.47. The molecule has 0 aromatic heterocycles. The molecule has 0 spiro atoms. The summed E-state index contributed by atoms with van der Waals surface area (Å²) >= 11 is 0. The van der Waals surface area contributed by atoms with Gasteiger partial charge in [0.1, 0.15) is 24.1 Å². The zero-order valence-corrected chi connectivity index (χ0v) is 16.5. The molecule has 1 aliphatic heterocycles. The van der Waals surface area contributed by atoms with Gasteiger partial charge in [-0.1, -0.05) is 31.2 Å². The largest absolute Gasteiger partial charge is 0.394 e. The summed E-state index contributed by atoms with van der Waals surface area (Å²) in [5.41, 5.74) is 1.63. The van der Waals surface area contributed by atoms with E-state index >= 15 is 0 Å².